The molecule has 0 heterocycles. The van der Waals surface area contributed by atoms with Crippen molar-refractivity contribution < 1.29 is 23.9 Å². The summed E-state index contributed by atoms with van der Waals surface area (Å²) in [6.07, 6.45) is 0. The molecule has 0 aliphatic heterocycles. The Kier molecular flexibility index (Phi) is 2.97. The van der Waals surface area contributed by atoms with Crippen LogP contribution in [0.4, 0.5) is 0 Å². The van der Waals surface area contributed by atoms with Gasteiger partial charge in [0.15, 0.2) is 5.76 Å². The summed E-state index contributed by atoms with van der Waals surface area (Å²) in [6, 6.07) is 6.35. The summed E-state index contributed by atoms with van der Waals surface area (Å²) in [4.78, 5) is 35.4. The molecule has 5 nitrogen and oxygen atoms in total. The number of Topliss-reactive ketones (excluding diaryl/α,β-unsaturated/α-hetero) is 2. The van der Waals surface area contributed by atoms with E-state index in [1.165, 1.54) is 20.3 Å². The number of ether oxygens (including phenoxy) is 2. The van der Waals surface area contributed by atoms with Crippen molar-refractivity contribution in [2.24, 2.45) is 0 Å². The van der Waals surface area contributed by atoms with Crippen molar-refractivity contribution >= 4 is 23.1 Å². The molecule has 0 saturated carbocycles. The molecule has 1 aromatic rings. The van der Waals surface area contributed by atoms with E-state index in [1.54, 1.807) is 18.2 Å². The lowest BCUT2D eigenvalue weighted by atomic mass is 9.88. The van der Waals surface area contributed by atoms with E-state index in [0.29, 0.717) is 5.56 Å². The van der Waals surface area contributed by atoms with Crippen molar-refractivity contribution in [2.75, 3.05) is 14.2 Å². The number of benzene rings is 1. The molecule has 0 aromatic heterocycles. The molecular weight excluding hydrogens is 236 g/mol. The van der Waals surface area contributed by atoms with Gasteiger partial charge in [-0.05, 0) is 0 Å². The highest BCUT2D eigenvalue weighted by atomic mass is 16.5. The van der Waals surface area contributed by atoms with Crippen LogP contribution in [-0.4, -0.2) is 31.8 Å². The zero-order valence-corrected chi connectivity index (χ0v) is 9.85. The van der Waals surface area contributed by atoms with Crippen molar-refractivity contribution in [1.29, 1.82) is 0 Å². The van der Waals surface area contributed by atoms with Crippen LogP contribution >= 0.6 is 0 Å². The third kappa shape index (κ3) is 1.60. The van der Waals surface area contributed by atoms with Crippen LogP contribution in [0.25, 0.3) is 5.57 Å². The fraction of sp³-hybridized carbons (Fsp3) is 0.154. The number of carbonyl (C=O) groups excluding carboxylic acids is 3. The minimum Gasteiger partial charge on any atom is -0.492 e. The van der Waals surface area contributed by atoms with Crippen LogP contribution in [0.2, 0.25) is 0 Å². The molecule has 0 saturated heterocycles. The summed E-state index contributed by atoms with van der Waals surface area (Å²) in [5.74, 6) is -2.50. The standard InChI is InChI=1S/C13H10O5/c1-17-12-9(13(16)18-2)7-5-3-4-6-8(7)10(14)11(12)15/h3-6H,1-2H3. The number of methoxy groups -OCH3 is 2. The Labute approximate surface area is 103 Å². The lowest BCUT2D eigenvalue weighted by Gasteiger charge is -2.18. The second-order valence-corrected chi connectivity index (χ2v) is 3.60. The number of allylic oxidation sites excluding steroid dienone is 1. The first-order chi connectivity index (χ1) is 8.61. The predicted molar refractivity (Wildman–Crippen MR) is 61.7 cm³/mol. The first kappa shape index (κ1) is 12.0. The number of fused-ring (bicyclic) bond motifs is 1. The van der Waals surface area contributed by atoms with Gasteiger partial charge in [-0.2, -0.15) is 0 Å². The lowest BCUT2D eigenvalue weighted by Crippen LogP contribution is -2.27. The third-order valence-electron chi connectivity index (χ3n) is 2.67. The summed E-state index contributed by atoms with van der Waals surface area (Å²) in [6.45, 7) is 0. The predicted octanol–water partition coefficient (Wildman–Crippen LogP) is 0.982. The quantitative estimate of drug-likeness (QED) is 0.574. The average Bonchev–Trinajstić information content (AvgIpc) is 2.41. The number of esters is 1. The van der Waals surface area contributed by atoms with Crippen molar-refractivity contribution in [1.82, 2.24) is 0 Å². The summed E-state index contributed by atoms with van der Waals surface area (Å²) in [5, 5.41) is 0. The molecule has 0 unspecified atom stereocenters. The van der Waals surface area contributed by atoms with Crippen LogP contribution in [0, 0.1) is 0 Å². The largest absolute Gasteiger partial charge is 0.492 e. The van der Waals surface area contributed by atoms with Crippen LogP contribution in [0.3, 0.4) is 0 Å². The molecule has 0 spiro atoms. The Bertz CT molecular complexity index is 583. The highest BCUT2D eigenvalue weighted by Crippen LogP contribution is 2.30. The molecule has 2 rings (SSSR count). The fourth-order valence-corrected chi connectivity index (χ4v) is 1.86. The number of hydrogen-bond acceptors (Lipinski definition) is 5. The first-order valence-electron chi connectivity index (χ1n) is 5.16. The van der Waals surface area contributed by atoms with E-state index in [2.05, 4.69) is 4.74 Å². The minimum absolute atomic E-state index is 0.0137. The molecule has 92 valence electrons. The van der Waals surface area contributed by atoms with Gasteiger partial charge in [0, 0.05) is 11.1 Å². The van der Waals surface area contributed by atoms with E-state index in [0.717, 1.165) is 0 Å². The van der Waals surface area contributed by atoms with Gasteiger partial charge in [0.05, 0.1) is 14.2 Å². The zero-order valence-electron chi connectivity index (χ0n) is 9.85. The monoisotopic (exact) mass is 246 g/mol. The van der Waals surface area contributed by atoms with Crippen molar-refractivity contribution in [2.45, 2.75) is 0 Å². The average molecular weight is 246 g/mol. The van der Waals surface area contributed by atoms with E-state index in [4.69, 9.17) is 4.74 Å². The number of ketones is 2. The first-order valence-corrected chi connectivity index (χ1v) is 5.16. The molecular formula is C13H10O5. The summed E-state index contributed by atoms with van der Waals surface area (Å²) in [7, 11) is 2.43. The molecule has 0 amide bonds. The third-order valence-corrected chi connectivity index (χ3v) is 2.67. The molecule has 1 aromatic carbocycles. The van der Waals surface area contributed by atoms with E-state index in [9.17, 15) is 14.4 Å². The van der Waals surface area contributed by atoms with Gasteiger partial charge in [0.2, 0.25) is 5.78 Å². The summed E-state index contributed by atoms with van der Waals surface area (Å²) in [5.41, 5.74) is 0.523. The normalized spacial score (nSPS) is 14.3. The second kappa shape index (κ2) is 4.44. The van der Waals surface area contributed by atoms with E-state index >= 15 is 0 Å². The maximum atomic E-state index is 11.8. The molecule has 0 N–H and O–H groups in total. The highest BCUT2D eigenvalue weighted by Gasteiger charge is 2.36. The maximum Gasteiger partial charge on any atom is 0.342 e. The van der Waals surface area contributed by atoms with Gasteiger partial charge in [-0.1, -0.05) is 24.3 Å². The molecule has 0 fully saturated rings. The van der Waals surface area contributed by atoms with Gasteiger partial charge in [-0.3, -0.25) is 9.59 Å². The molecule has 0 atom stereocenters. The molecule has 5 heteroatoms. The summed E-state index contributed by atoms with van der Waals surface area (Å²) >= 11 is 0. The van der Waals surface area contributed by atoms with Crippen LogP contribution in [0.1, 0.15) is 15.9 Å². The van der Waals surface area contributed by atoms with Crippen molar-refractivity contribution in [3.63, 3.8) is 0 Å². The van der Waals surface area contributed by atoms with Crippen LogP contribution < -0.4 is 0 Å². The van der Waals surface area contributed by atoms with Crippen molar-refractivity contribution in [3.8, 4) is 0 Å². The number of carbonyl (C=O) groups is 3. The molecule has 1 aliphatic carbocycles. The zero-order chi connectivity index (χ0) is 13.3. The Morgan fingerprint density at radius 3 is 2.17 bits per heavy atom. The van der Waals surface area contributed by atoms with Gasteiger partial charge >= 0.3 is 5.97 Å². The van der Waals surface area contributed by atoms with Crippen molar-refractivity contribution in [3.05, 3.63) is 41.2 Å². The Hall–Kier alpha value is -2.43. The SMILES string of the molecule is COC(=O)C1=C(OC)C(=O)C(=O)c2ccccc21. The Balaban J connectivity index is 2.77. The molecule has 0 bridgehead atoms. The lowest BCUT2D eigenvalue weighted by molar-refractivity contribution is -0.134. The second-order valence-electron chi connectivity index (χ2n) is 3.60. The number of hydrogen-bond donors (Lipinski definition) is 0. The molecule has 0 radical (unpaired) electrons. The topological polar surface area (TPSA) is 69.7 Å². The van der Waals surface area contributed by atoms with E-state index in [1.807, 2.05) is 0 Å². The van der Waals surface area contributed by atoms with Gasteiger partial charge in [-0.15, -0.1) is 0 Å². The minimum atomic E-state index is -0.836. The van der Waals surface area contributed by atoms with Gasteiger partial charge < -0.3 is 9.47 Å². The van der Waals surface area contributed by atoms with Gasteiger partial charge in [0.25, 0.3) is 5.78 Å². The Morgan fingerprint density at radius 1 is 1.00 bits per heavy atom. The number of rotatable bonds is 2. The van der Waals surface area contributed by atoms with Crippen LogP contribution in [0.15, 0.2) is 30.0 Å². The van der Waals surface area contributed by atoms with E-state index in [-0.39, 0.29) is 16.9 Å². The van der Waals surface area contributed by atoms with Gasteiger partial charge in [-0.25, -0.2) is 4.79 Å². The highest BCUT2D eigenvalue weighted by molar-refractivity contribution is 6.54. The molecule has 1 aliphatic rings. The molecule has 18 heavy (non-hydrogen) atoms. The van der Waals surface area contributed by atoms with Crippen LogP contribution in [-0.2, 0) is 19.1 Å². The van der Waals surface area contributed by atoms with Gasteiger partial charge in [0.1, 0.15) is 5.57 Å². The fourth-order valence-electron chi connectivity index (χ4n) is 1.86. The maximum absolute atomic E-state index is 11.8. The van der Waals surface area contributed by atoms with E-state index < -0.39 is 17.5 Å². The summed E-state index contributed by atoms with van der Waals surface area (Å²) < 4.78 is 9.50. The smallest absolute Gasteiger partial charge is 0.342 e. The van der Waals surface area contributed by atoms with Crippen LogP contribution in [0.5, 0.6) is 0 Å². The Morgan fingerprint density at radius 2 is 1.61 bits per heavy atom.